The fourth-order valence-electron chi connectivity index (χ4n) is 2.72. The van der Waals surface area contributed by atoms with Gasteiger partial charge in [0.25, 0.3) is 10.0 Å². The first-order valence-corrected chi connectivity index (χ1v) is 9.69. The number of aromatic nitrogens is 2. The molecule has 2 aromatic heterocycles. The smallest absolute Gasteiger partial charge is 0.407 e. The van der Waals surface area contributed by atoms with Crippen LogP contribution in [0.25, 0.3) is 11.3 Å². The number of hydrogen-bond donors (Lipinski definition) is 1. The Hall–Kier alpha value is -3.71. The summed E-state index contributed by atoms with van der Waals surface area (Å²) in [5, 5.41) is 18.2. The zero-order valence-corrected chi connectivity index (χ0v) is 16.0. The number of hydrogen-bond acceptors (Lipinski definition) is 5. The first-order valence-electron chi connectivity index (χ1n) is 8.25. The number of carbonyl (C=O) groups is 1. The molecular formula is C19H15FN4O4S. The molecule has 0 aliphatic heterocycles. The Morgan fingerprint density at radius 3 is 2.72 bits per heavy atom. The van der Waals surface area contributed by atoms with Crippen LogP contribution < -0.4 is 0 Å². The molecule has 0 atom stereocenters. The number of rotatable bonds is 5. The van der Waals surface area contributed by atoms with Gasteiger partial charge in [-0.1, -0.05) is 0 Å². The quantitative estimate of drug-likeness (QED) is 0.686. The third-order valence-electron chi connectivity index (χ3n) is 4.15. The average Bonchev–Trinajstić information content (AvgIpc) is 3.13. The summed E-state index contributed by atoms with van der Waals surface area (Å²) in [6.45, 7) is -0.114. The van der Waals surface area contributed by atoms with Crippen molar-refractivity contribution in [2.45, 2.75) is 11.4 Å². The van der Waals surface area contributed by atoms with Crippen LogP contribution in [0.3, 0.4) is 0 Å². The van der Waals surface area contributed by atoms with E-state index in [0.29, 0.717) is 5.56 Å². The van der Waals surface area contributed by atoms with E-state index in [1.54, 1.807) is 0 Å². The van der Waals surface area contributed by atoms with E-state index in [-0.39, 0.29) is 28.3 Å². The molecule has 3 aromatic rings. The van der Waals surface area contributed by atoms with Crippen molar-refractivity contribution in [2.75, 3.05) is 7.05 Å². The van der Waals surface area contributed by atoms with Crippen molar-refractivity contribution in [2.24, 2.45) is 0 Å². The highest BCUT2D eigenvalue weighted by Crippen LogP contribution is 2.30. The maximum Gasteiger partial charge on any atom is 0.407 e. The summed E-state index contributed by atoms with van der Waals surface area (Å²) in [7, 11) is -2.83. The van der Waals surface area contributed by atoms with Gasteiger partial charge in [0.2, 0.25) is 0 Å². The predicted octanol–water partition coefficient (Wildman–Crippen LogP) is 2.91. The van der Waals surface area contributed by atoms with Gasteiger partial charge < -0.3 is 10.0 Å². The van der Waals surface area contributed by atoms with E-state index < -0.39 is 21.9 Å². The SMILES string of the molecule is CN(Cc1cc(-c2cc(C#N)ccc2F)n(S(=O)(=O)c2cccnc2)c1)C(=O)O. The van der Waals surface area contributed by atoms with E-state index in [1.165, 1.54) is 49.8 Å². The molecule has 1 N–H and O–H groups in total. The van der Waals surface area contributed by atoms with Crippen molar-refractivity contribution in [3.63, 3.8) is 0 Å². The van der Waals surface area contributed by atoms with Crippen LogP contribution in [0.1, 0.15) is 11.1 Å². The third kappa shape index (κ3) is 3.95. The van der Waals surface area contributed by atoms with E-state index in [1.807, 2.05) is 6.07 Å². The van der Waals surface area contributed by atoms with Crippen molar-refractivity contribution in [3.8, 4) is 17.3 Å². The highest BCUT2D eigenvalue weighted by Gasteiger charge is 2.24. The van der Waals surface area contributed by atoms with E-state index >= 15 is 0 Å². The molecule has 0 radical (unpaired) electrons. The van der Waals surface area contributed by atoms with Crippen LogP contribution in [-0.4, -0.2) is 40.5 Å². The number of pyridine rings is 1. The summed E-state index contributed by atoms with van der Waals surface area (Å²) in [6, 6.07) is 9.66. The molecule has 8 nitrogen and oxygen atoms in total. The fraction of sp³-hybridized carbons (Fsp3) is 0.105. The van der Waals surface area contributed by atoms with Crippen LogP contribution in [-0.2, 0) is 16.6 Å². The molecule has 29 heavy (non-hydrogen) atoms. The molecular weight excluding hydrogens is 399 g/mol. The van der Waals surface area contributed by atoms with Gasteiger partial charge in [0, 0.05) is 31.2 Å². The van der Waals surface area contributed by atoms with Gasteiger partial charge in [-0.05, 0) is 42.0 Å². The average molecular weight is 414 g/mol. The van der Waals surface area contributed by atoms with E-state index in [9.17, 15) is 17.6 Å². The van der Waals surface area contributed by atoms with Crippen LogP contribution >= 0.6 is 0 Å². The van der Waals surface area contributed by atoms with Gasteiger partial charge in [-0.25, -0.2) is 21.6 Å². The second-order valence-corrected chi connectivity index (χ2v) is 7.98. The standard InChI is InChI=1S/C19H15FN4O4S/c1-23(19(25)26)11-14-8-18(16-7-13(9-21)4-5-17(16)20)24(12-14)29(27,28)15-3-2-6-22-10-15/h2-8,10,12H,11H2,1H3,(H,25,26). The monoisotopic (exact) mass is 414 g/mol. The summed E-state index contributed by atoms with van der Waals surface area (Å²) in [4.78, 5) is 15.8. The van der Waals surface area contributed by atoms with Gasteiger partial charge in [0.05, 0.1) is 23.9 Å². The maximum absolute atomic E-state index is 14.5. The lowest BCUT2D eigenvalue weighted by atomic mass is 10.1. The molecule has 0 aliphatic rings. The molecule has 0 spiro atoms. The molecule has 0 aliphatic carbocycles. The van der Waals surface area contributed by atoms with E-state index in [4.69, 9.17) is 10.4 Å². The lowest BCUT2D eigenvalue weighted by Gasteiger charge is -2.11. The molecule has 1 aromatic carbocycles. The molecule has 0 bridgehead atoms. The van der Waals surface area contributed by atoms with Crippen molar-refractivity contribution in [3.05, 3.63) is 71.9 Å². The van der Waals surface area contributed by atoms with Crippen LogP contribution in [0.5, 0.6) is 0 Å². The number of nitriles is 1. The van der Waals surface area contributed by atoms with Crippen LogP contribution in [0.2, 0.25) is 0 Å². The molecule has 148 valence electrons. The molecule has 0 unspecified atom stereocenters. The molecule has 3 rings (SSSR count). The number of amides is 1. The van der Waals surface area contributed by atoms with Gasteiger partial charge in [0.15, 0.2) is 0 Å². The number of carboxylic acid groups (broad SMARTS) is 1. The maximum atomic E-state index is 14.5. The van der Waals surface area contributed by atoms with Crippen LogP contribution in [0.15, 0.2) is 59.9 Å². The van der Waals surface area contributed by atoms with Gasteiger partial charge in [-0.15, -0.1) is 0 Å². The van der Waals surface area contributed by atoms with Gasteiger partial charge in [0.1, 0.15) is 10.7 Å². The van der Waals surface area contributed by atoms with E-state index in [0.717, 1.165) is 21.1 Å². The van der Waals surface area contributed by atoms with Crippen molar-refractivity contribution >= 4 is 16.1 Å². The normalized spacial score (nSPS) is 11.1. The van der Waals surface area contributed by atoms with E-state index in [2.05, 4.69) is 4.98 Å². The highest BCUT2D eigenvalue weighted by molar-refractivity contribution is 7.90. The molecule has 0 fully saturated rings. The molecule has 10 heteroatoms. The van der Waals surface area contributed by atoms with Crippen molar-refractivity contribution in [1.29, 1.82) is 5.26 Å². The largest absolute Gasteiger partial charge is 0.465 e. The number of benzene rings is 1. The second kappa shape index (κ2) is 7.73. The topological polar surface area (TPSA) is 116 Å². The lowest BCUT2D eigenvalue weighted by molar-refractivity contribution is 0.154. The van der Waals surface area contributed by atoms with Crippen LogP contribution in [0, 0.1) is 17.1 Å². The Labute approximate surface area is 166 Å². The van der Waals surface area contributed by atoms with Crippen molar-refractivity contribution < 1.29 is 22.7 Å². The number of nitrogens with zero attached hydrogens (tertiary/aromatic N) is 4. The summed E-state index contributed by atoms with van der Waals surface area (Å²) in [5.41, 5.74) is 0.356. The third-order valence-corrected chi connectivity index (χ3v) is 5.81. The number of halogens is 1. The molecule has 0 saturated carbocycles. The zero-order chi connectivity index (χ0) is 21.2. The Morgan fingerprint density at radius 1 is 1.34 bits per heavy atom. The van der Waals surface area contributed by atoms with Crippen LogP contribution in [0.4, 0.5) is 9.18 Å². The minimum absolute atomic E-state index is 0.0303. The zero-order valence-electron chi connectivity index (χ0n) is 15.2. The summed E-state index contributed by atoms with van der Waals surface area (Å²) < 4.78 is 41.7. The Bertz CT molecular complexity index is 1220. The molecule has 0 saturated heterocycles. The second-order valence-electron chi connectivity index (χ2n) is 6.17. The Morgan fingerprint density at radius 2 is 2.10 bits per heavy atom. The molecule has 1 amide bonds. The van der Waals surface area contributed by atoms with Gasteiger partial charge in [-0.3, -0.25) is 4.98 Å². The first-order chi connectivity index (χ1) is 13.7. The van der Waals surface area contributed by atoms with Crippen molar-refractivity contribution in [1.82, 2.24) is 13.9 Å². The lowest BCUT2D eigenvalue weighted by Crippen LogP contribution is -2.23. The van der Waals surface area contributed by atoms with Gasteiger partial charge in [-0.2, -0.15) is 5.26 Å². The Balaban J connectivity index is 2.23. The highest BCUT2D eigenvalue weighted by atomic mass is 32.2. The summed E-state index contributed by atoms with van der Waals surface area (Å²) in [5.74, 6) is -0.720. The molecule has 2 heterocycles. The fourth-order valence-corrected chi connectivity index (χ4v) is 4.08. The summed E-state index contributed by atoms with van der Waals surface area (Å²) >= 11 is 0. The summed E-state index contributed by atoms with van der Waals surface area (Å²) in [6.07, 6.45) is 2.60. The minimum Gasteiger partial charge on any atom is -0.465 e. The minimum atomic E-state index is -4.15. The Kier molecular flexibility index (Phi) is 5.34. The first kappa shape index (κ1) is 20.0. The predicted molar refractivity (Wildman–Crippen MR) is 101 cm³/mol. The van der Waals surface area contributed by atoms with Gasteiger partial charge >= 0.3 is 6.09 Å².